The Balaban J connectivity index is 1.93. The van der Waals surface area contributed by atoms with E-state index in [0.717, 1.165) is 45.7 Å². The van der Waals surface area contributed by atoms with Crippen LogP contribution in [0.1, 0.15) is 26.2 Å². The zero-order chi connectivity index (χ0) is 10.9. The van der Waals surface area contributed by atoms with Crippen LogP contribution in [0.2, 0.25) is 0 Å². The van der Waals surface area contributed by atoms with E-state index in [-0.39, 0.29) is 5.91 Å². The van der Waals surface area contributed by atoms with Crippen LogP contribution in [-0.2, 0) is 9.53 Å². The van der Waals surface area contributed by atoms with Crippen molar-refractivity contribution < 1.29 is 9.53 Å². The van der Waals surface area contributed by atoms with Gasteiger partial charge in [0.05, 0.1) is 0 Å². The topological polar surface area (TPSA) is 50.4 Å². The van der Waals surface area contributed by atoms with E-state index in [1.165, 1.54) is 0 Å². The second-order valence-corrected chi connectivity index (χ2v) is 3.97. The number of rotatable bonds is 7. The van der Waals surface area contributed by atoms with Crippen LogP contribution in [0.5, 0.6) is 0 Å². The van der Waals surface area contributed by atoms with E-state index < -0.39 is 0 Å². The lowest BCUT2D eigenvalue weighted by atomic mass is 10.0. The van der Waals surface area contributed by atoms with E-state index in [1.807, 2.05) is 0 Å². The number of amides is 1. The predicted molar refractivity (Wildman–Crippen MR) is 59.7 cm³/mol. The molecule has 2 N–H and O–H groups in total. The quantitative estimate of drug-likeness (QED) is 0.608. The molecule has 0 spiro atoms. The second-order valence-electron chi connectivity index (χ2n) is 3.97. The van der Waals surface area contributed by atoms with Gasteiger partial charge in [0.1, 0.15) is 0 Å². The fourth-order valence-corrected chi connectivity index (χ4v) is 1.70. The van der Waals surface area contributed by atoms with Gasteiger partial charge in [-0.2, -0.15) is 0 Å². The molecule has 0 saturated carbocycles. The highest BCUT2D eigenvalue weighted by Gasteiger charge is 2.16. The van der Waals surface area contributed by atoms with Crippen LogP contribution in [0.25, 0.3) is 0 Å². The number of hydrogen-bond acceptors (Lipinski definition) is 3. The van der Waals surface area contributed by atoms with Gasteiger partial charge in [0.15, 0.2) is 0 Å². The molecule has 1 fully saturated rings. The third-order valence-electron chi connectivity index (χ3n) is 2.68. The van der Waals surface area contributed by atoms with Crippen molar-refractivity contribution in [3.8, 4) is 0 Å². The minimum absolute atomic E-state index is 0.166. The monoisotopic (exact) mass is 214 g/mol. The summed E-state index contributed by atoms with van der Waals surface area (Å²) in [5.41, 5.74) is 0. The lowest BCUT2D eigenvalue weighted by Crippen LogP contribution is -2.31. The number of ether oxygens (including phenoxy) is 1. The largest absolute Gasteiger partial charge is 0.381 e. The predicted octanol–water partition coefficient (Wildman–Crippen LogP) is 0.529. The number of likely N-dealkylation sites (N-methyl/N-ethyl adjacent to an activating group) is 1. The van der Waals surface area contributed by atoms with Gasteiger partial charge < -0.3 is 15.4 Å². The first-order valence-corrected chi connectivity index (χ1v) is 5.88. The molecule has 1 aliphatic rings. The summed E-state index contributed by atoms with van der Waals surface area (Å²) >= 11 is 0. The first-order valence-electron chi connectivity index (χ1n) is 5.88. The number of hydrogen-bond donors (Lipinski definition) is 2. The average molecular weight is 214 g/mol. The van der Waals surface area contributed by atoms with Crippen molar-refractivity contribution >= 4 is 5.91 Å². The zero-order valence-corrected chi connectivity index (χ0v) is 9.55. The van der Waals surface area contributed by atoms with Gasteiger partial charge in [-0.3, -0.25) is 4.79 Å². The van der Waals surface area contributed by atoms with Gasteiger partial charge >= 0.3 is 0 Å². The van der Waals surface area contributed by atoms with Crippen molar-refractivity contribution in [1.82, 2.24) is 10.6 Å². The molecule has 88 valence electrons. The minimum Gasteiger partial charge on any atom is -0.381 e. The summed E-state index contributed by atoms with van der Waals surface area (Å²) < 4.78 is 5.26. The summed E-state index contributed by atoms with van der Waals surface area (Å²) in [4.78, 5) is 11.4. The molecular weight excluding hydrogens is 192 g/mol. The molecule has 1 rings (SSSR count). The fraction of sp³-hybridized carbons (Fsp3) is 0.909. The van der Waals surface area contributed by atoms with Crippen LogP contribution >= 0.6 is 0 Å². The Bertz CT molecular complexity index is 179. The molecule has 0 aromatic rings. The summed E-state index contributed by atoms with van der Waals surface area (Å²) in [6.07, 6.45) is 2.72. The first kappa shape index (κ1) is 12.5. The normalized spacial score (nSPS) is 20.5. The van der Waals surface area contributed by atoms with Crippen molar-refractivity contribution in [2.75, 3.05) is 32.8 Å². The molecule has 4 heteroatoms. The minimum atomic E-state index is 0.166. The van der Waals surface area contributed by atoms with E-state index in [2.05, 4.69) is 17.6 Å². The zero-order valence-electron chi connectivity index (χ0n) is 9.55. The molecule has 1 amide bonds. The van der Waals surface area contributed by atoms with Gasteiger partial charge in [-0.15, -0.1) is 0 Å². The van der Waals surface area contributed by atoms with Crippen LogP contribution in [0, 0.1) is 5.92 Å². The summed E-state index contributed by atoms with van der Waals surface area (Å²) in [6, 6.07) is 0. The molecule has 1 aliphatic heterocycles. The third kappa shape index (κ3) is 5.74. The van der Waals surface area contributed by atoms with Gasteiger partial charge in [-0.25, -0.2) is 0 Å². The highest BCUT2D eigenvalue weighted by molar-refractivity contribution is 5.75. The van der Waals surface area contributed by atoms with Crippen molar-refractivity contribution in [3.63, 3.8) is 0 Å². The van der Waals surface area contributed by atoms with Gasteiger partial charge in [-0.05, 0) is 25.3 Å². The Hall–Kier alpha value is -0.610. The number of carbonyl (C=O) groups is 1. The molecule has 0 aromatic carbocycles. The molecule has 1 heterocycles. The molecule has 0 aromatic heterocycles. The van der Waals surface area contributed by atoms with Crippen LogP contribution in [0.3, 0.4) is 0 Å². The summed E-state index contributed by atoms with van der Waals surface area (Å²) in [7, 11) is 0. The Morgan fingerprint density at radius 1 is 1.47 bits per heavy atom. The maximum absolute atomic E-state index is 11.4. The van der Waals surface area contributed by atoms with E-state index in [0.29, 0.717) is 12.3 Å². The Kier molecular flexibility index (Phi) is 6.36. The Labute approximate surface area is 91.8 Å². The second kappa shape index (κ2) is 7.65. The number of nitrogens with one attached hydrogen (secondary N) is 2. The molecule has 0 radical (unpaired) electrons. The van der Waals surface area contributed by atoms with Gasteiger partial charge in [-0.1, -0.05) is 6.92 Å². The van der Waals surface area contributed by atoms with E-state index in [9.17, 15) is 4.79 Å². The Morgan fingerprint density at radius 3 is 3.00 bits per heavy atom. The molecule has 1 unspecified atom stereocenters. The van der Waals surface area contributed by atoms with Gasteiger partial charge in [0.2, 0.25) is 5.91 Å². The van der Waals surface area contributed by atoms with E-state index in [4.69, 9.17) is 4.74 Å². The lowest BCUT2D eigenvalue weighted by molar-refractivity contribution is -0.121. The van der Waals surface area contributed by atoms with Crippen LogP contribution in [0.4, 0.5) is 0 Å². The van der Waals surface area contributed by atoms with Crippen molar-refractivity contribution in [2.45, 2.75) is 26.2 Å². The highest BCUT2D eigenvalue weighted by atomic mass is 16.5. The van der Waals surface area contributed by atoms with Crippen molar-refractivity contribution in [2.24, 2.45) is 5.92 Å². The average Bonchev–Trinajstić information content (AvgIpc) is 2.74. The van der Waals surface area contributed by atoms with E-state index >= 15 is 0 Å². The van der Waals surface area contributed by atoms with E-state index in [1.54, 1.807) is 0 Å². The lowest BCUT2D eigenvalue weighted by Gasteiger charge is -2.08. The van der Waals surface area contributed by atoms with Crippen molar-refractivity contribution in [1.29, 1.82) is 0 Å². The standard InChI is InChI=1S/C11H22N2O2/c1-2-12-6-7-13-11(14)4-3-10-5-8-15-9-10/h10,12H,2-9H2,1H3,(H,13,14). The van der Waals surface area contributed by atoms with Crippen LogP contribution < -0.4 is 10.6 Å². The molecule has 4 nitrogen and oxygen atoms in total. The summed E-state index contributed by atoms with van der Waals surface area (Å²) in [6.45, 7) is 6.30. The Morgan fingerprint density at radius 2 is 2.33 bits per heavy atom. The maximum Gasteiger partial charge on any atom is 0.220 e. The summed E-state index contributed by atoms with van der Waals surface area (Å²) in [5.74, 6) is 0.768. The third-order valence-corrected chi connectivity index (χ3v) is 2.68. The van der Waals surface area contributed by atoms with Gasteiger partial charge in [0.25, 0.3) is 0 Å². The molecule has 1 saturated heterocycles. The molecule has 0 bridgehead atoms. The molecule has 0 aliphatic carbocycles. The smallest absolute Gasteiger partial charge is 0.220 e. The molecule has 15 heavy (non-hydrogen) atoms. The first-order chi connectivity index (χ1) is 7.33. The molecule has 1 atom stereocenters. The van der Waals surface area contributed by atoms with Gasteiger partial charge in [0, 0.05) is 32.7 Å². The summed E-state index contributed by atoms with van der Waals surface area (Å²) in [5, 5.41) is 6.07. The SMILES string of the molecule is CCNCCNC(=O)CCC1CCOC1. The highest BCUT2D eigenvalue weighted by Crippen LogP contribution is 2.17. The van der Waals surface area contributed by atoms with Crippen molar-refractivity contribution in [3.05, 3.63) is 0 Å². The fourth-order valence-electron chi connectivity index (χ4n) is 1.70. The number of carbonyl (C=O) groups excluding carboxylic acids is 1. The molecular formula is C11H22N2O2. The maximum atomic E-state index is 11.4. The van der Waals surface area contributed by atoms with Crippen LogP contribution in [0.15, 0.2) is 0 Å². The van der Waals surface area contributed by atoms with Crippen LogP contribution in [-0.4, -0.2) is 38.8 Å².